The molecule has 0 atom stereocenters. The van der Waals surface area contributed by atoms with Crippen LogP contribution in [0.4, 0.5) is 5.13 Å². The summed E-state index contributed by atoms with van der Waals surface area (Å²) in [5, 5.41) is 0.703. The van der Waals surface area contributed by atoms with E-state index in [1.54, 1.807) is 29.4 Å². The molecule has 0 radical (unpaired) electrons. The van der Waals surface area contributed by atoms with Gasteiger partial charge in [-0.1, -0.05) is 73.7 Å². The number of carbonyl (C=O) groups is 1. The molecule has 0 aliphatic carbocycles. The number of fused-ring (bicyclic) bond motifs is 1. The molecule has 0 fully saturated rings. The molecule has 0 aliphatic heterocycles. The fourth-order valence-electron chi connectivity index (χ4n) is 3.44. The Morgan fingerprint density at radius 1 is 1.03 bits per heavy atom. The first-order chi connectivity index (χ1) is 14.6. The van der Waals surface area contributed by atoms with E-state index in [2.05, 4.69) is 32.0 Å². The number of aromatic nitrogens is 1. The van der Waals surface area contributed by atoms with Gasteiger partial charge in [0.05, 0.1) is 23.9 Å². The van der Waals surface area contributed by atoms with Crippen LogP contribution in [-0.4, -0.2) is 18.0 Å². The van der Waals surface area contributed by atoms with Crippen LogP contribution in [0, 0.1) is 0 Å². The van der Waals surface area contributed by atoms with Crippen molar-refractivity contribution in [2.75, 3.05) is 12.0 Å². The summed E-state index contributed by atoms with van der Waals surface area (Å²) in [6, 6.07) is 23.5. The molecule has 30 heavy (non-hydrogen) atoms. The fourth-order valence-corrected chi connectivity index (χ4v) is 4.44. The topological polar surface area (TPSA) is 42.4 Å². The average Bonchev–Trinajstić information content (AvgIpc) is 3.21. The second kappa shape index (κ2) is 8.67. The number of ether oxygens (including phenoxy) is 1. The van der Waals surface area contributed by atoms with Crippen LogP contribution in [0.5, 0.6) is 5.75 Å². The zero-order valence-corrected chi connectivity index (χ0v) is 18.1. The van der Waals surface area contributed by atoms with Crippen LogP contribution in [0.15, 0.2) is 72.8 Å². The van der Waals surface area contributed by atoms with Crippen LogP contribution in [0.25, 0.3) is 10.2 Å². The number of para-hydroxylation sites is 1. The fraction of sp³-hybridized carbons (Fsp3) is 0.200. The third kappa shape index (κ3) is 4.07. The molecule has 0 saturated carbocycles. The monoisotopic (exact) mass is 416 g/mol. The van der Waals surface area contributed by atoms with Crippen molar-refractivity contribution in [3.05, 3.63) is 89.5 Å². The van der Waals surface area contributed by atoms with Crippen molar-refractivity contribution in [2.24, 2.45) is 0 Å². The summed E-state index contributed by atoms with van der Waals surface area (Å²) in [4.78, 5) is 20.2. The number of benzene rings is 3. The molecule has 1 amide bonds. The van der Waals surface area contributed by atoms with Gasteiger partial charge in [-0.25, -0.2) is 4.98 Å². The first-order valence-corrected chi connectivity index (χ1v) is 10.8. The number of carbonyl (C=O) groups excluding carboxylic acids is 1. The molecule has 0 saturated heterocycles. The van der Waals surface area contributed by atoms with Gasteiger partial charge in [0.15, 0.2) is 5.13 Å². The standard InChI is InChI=1S/C25H24N2O2S/c1-17(2)21-13-8-14-22-23(21)26-25(30-22)27(16-18-9-5-4-6-10-18)24(28)19-11-7-12-20(15-19)29-3/h4-15,17H,16H2,1-3H3. The van der Waals surface area contributed by atoms with Gasteiger partial charge >= 0.3 is 0 Å². The number of rotatable bonds is 6. The second-order valence-electron chi connectivity index (χ2n) is 7.45. The molecular weight excluding hydrogens is 392 g/mol. The van der Waals surface area contributed by atoms with E-state index in [0.29, 0.717) is 28.9 Å². The molecule has 5 heteroatoms. The second-order valence-corrected chi connectivity index (χ2v) is 8.46. The lowest BCUT2D eigenvalue weighted by atomic mass is 10.0. The number of hydrogen-bond donors (Lipinski definition) is 0. The zero-order valence-electron chi connectivity index (χ0n) is 17.3. The van der Waals surface area contributed by atoms with E-state index in [-0.39, 0.29) is 5.91 Å². The van der Waals surface area contributed by atoms with Crippen molar-refractivity contribution in [3.8, 4) is 5.75 Å². The van der Waals surface area contributed by atoms with Crippen LogP contribution in [0.1, 0.15) is 41.3 Å². The lowest BCUT2D eigenvalue weighted by Crippen LogP contribution is -2.30. The van der Waals surface area contributed by atoms with Crippen molar-refractivity contribution < 1.29 is 9.53 Å². The van der Waals surface area contributed by atoms with Crippen molar-refractivity contribution in [2.45, 2.75) is 26.3 Å². The summed E-state index contributed by atoms with van der Waals surface area (Å²) in [5.41, 5.74) is 3.80. The lowest BCUT2D eigenvalue weighted by molar-refractivity contribution is 0.0985. The minimum atomic E-state index is -0.0945. The van der Waals surface area contributed by atoms with Crippen molar-refractivity contribution >= 4 is 32.6 Å². The largest absolute Gasteiger partial charge is 0.497 e. The Hall–Kier alpha value is -3.18. The predicted octanol–water partition coefficient (Wildman–Crippen LogP) is 6.28. The Balaban J connectivity index is 1.80. The molecule has 0 N–H and O–H groups in total. The maximum absolute atomic E-state index is 13.6. The number of methoxy groups -OCH3 is 1. The molecule has 1 heterocycles. The molecule has 1 aromatic heterocycles. The molecule has 3 aromatic carbocycles. The number of thiazole rings is 1. The molecular formula is C25H24N2O2S. The molecule has 0 unspecified atom stereocenters. The summed E-state index contributed by atoms with van der Waals surface area (Å²) < 4.78 is 6.41. The highest BCUT2D eigenvalue weighted by molar-refractivity contribution is 7.22. The van der Waals surface area contributed by atoms with Crippen molar-refractivity contribution in [1.82, 2.24) is 4.98 Å². The quantitative estimate of drug-likeness (QED) is 0.372. The van der Waals surface area contributed by atoms with Gasteiger partial charge in [0, 0.05) is 5.56 Å². The minimum Gasteiger partial charge on any atom is -0.497 e. The smallest absolute Gasteiger partial charge is 0.260 e. The Kier molecular flexibility index (Phi) is 5.81. The minimum absolute atomic E-state index is 0.0945. The number of nitrogens with zero attached hydrogens (tertiary/aromatic N) is 2. The van der Waals surface area contributed by atoms with E-state index in [1.165, 1.54) is 5.56 Å². The van der Waals surface area contributed by atoms with E-state index in [0.717, 1.165) is 15.8 Å². The molecule has 4 rings (SSSR count). The van der Waals surface area contributed by atoms with Crippen LogP contribution in [0.2, 0.25) is 0 Å². The molecule has 0 bridgehead atoms. The Bertz CT molecular complexity index is 1170. The summed E-state index contributed by atoms with van der Waals surface area (Å²) in [6.07, 6.45) is 0. The Morgan fingerprint density at radius 3 is 2.53 bits per heavy atom. The van der Waals surface area contributed by atoms with E-state index in [4.69, 9.17) is 9.72 Å². The normalized spacial score (nSPS) is 11.1. The number of anilines is 1. The van der Waals surface area contributed by atoms with Gasteiger partial charge in [-0.3, -0.25) is 9.69 Å². The first-order valence-electron chi connectivity index (χ1n) is 9.96. The third-order valence-electron chi connectivity index (χ3n) is 5.04. The Labute approximate surface area is 180 Å². The zero-order chi connectivity index (χ0) is 21.1. The first kappa shape index (κ1) is 20.1. The third-order valence-corrected chi connectivity index (χ3v) is 6.08. The van der Waals surface area contributed by atoms with E-state index in [9.17, 15) is 4.79 Å². The maximum Gasteiger partial charge on any atom is 0.260 e. The molecule has 0 spiro atoms. The van der Waals surface area contributed by atoms with Crippen LogP contribution >= 0.6 is 11.3 Å². The van der Waals surface area contributed by atoms with Gasteiger partial charge < -0.3 is 4.74 Å². The van der Waals surface area contributed by atoms with Gasteiger partial charge in [-0.2, -0.15) is 0 Å². The van der Waals surface area contributed by atoms with Gasteiger partial charge in [-0.15, -0.1) is 0 Å². The van der Waals surface area contributed by atoms with Crippen LogP contribution in [0.3, 0.4) is 0 Å². The van der Waals surface area contributed by atoms with Crippen molar-refractivity contribution in [1.29, 1.82) is 0 Å². The maximum atomic E-state index is 13.6. The highest BCUT2D eigenvalue weighted by atomic mass is 32.1. The summed E-state index contributed by atoms with van der Waals surface area (Å²) in [7, 11) is 1.60. The predicted molar refractivity (Wildman–Crippen MR) is 124 cm³/mol. The highest BCUT2D eigenvalue weighted by Crippen LogP contribution is 2.35. The molecule has 4 aromatic rings. The summed E-state index contributed by atoms with van der Waals surface area (Å²) in [6.45, 7) is 4.78. The average molecular weight is 417 g/mol. The summed E-state index contributed by atoms with van der Waals surface area (Å²) in [5.74, 6) is 0.926. The van der Waals surface area contributed by atoms with E-state index < -0.39 is 0 Å². The SMILES string of the molecule is COc1cccc(C(=O)N(Cc2ccccc2)c2nc3c(C(C)C)cccc3s2)c1. The van der Waals surface area contributed by atoms with Crippen molar-refractivity contribution in [3.63, 3.8) is 0 Å². The molecule has 4 nitrogen and oxygen atoms in total. The van der Waals surface area contributed by atoms with Crippen LogP contribution < -0.4 is 9.64 Å². The Morgan fingerprint density at radius 2 is 1.80 bits per heavy atom. The number of hydrogen-bond acceptors (Lipinski definition) is 4. The van der Waals surface area contributed by atoms with E-state index >= 15 is 0 Å². The van der Waals surface area contributed by atoms with Gasteiger partial charge in [0.1, 0.15) is 5.75 Å². The molecule has 0 aliphatic rings. The van der Waals surface area contributed by atoms with E-state index in [1.807, 2.05) is 48.5 Å². The highest BCUT2D eigenvalue weighted by Gasteiger charge is 2.23. The van der Waals surface area contributed by atoms with Gasteiger partial charge in [0.25, 0.3) is 5.91 Å². The number of amides is 1. The summed E-state index contributed by atoms with van der Waals surface area (Å²) >= 11 is 1.55. The van der Waals surface area contributed by atoms with Gasteiger partial charge in [0.2, 0.25) is 0 Å². The lowest BCUT2D eigenvalue weighted by Gasteiger charge is -2.20. The van der Waals surface area contributed by atoms with Crippen LogP contribution in [-0.2, 0) is 6.54 Å². The van der Waals surface area contributed by atoms with Gasteiger partial charge in [-0.05, 0) is 41.3 Å². The molecule has 152 valence electrons.